The van der Waals surface area contributed by atoms with Crippen LogP contribution in [0, 0.1) is 0 Å². The van der Waals surface area contributed by atoms with Gasteiger partial charge in [0, 0.05) is 35.4 Å². The predicted molar refractivity (Wildman–Crippen MR) is 117 cm³/mol. The number of alkyl halides is 1. The molecule has 1 aliphatic heterocycles. The highest BCUT2D eigenvalue weighted by Crippen LogP contribution is 2.34. The molecule has 4 rings (SSSR count). The maximum atomic E-state index is 15.0. The molecule has 3 heterocycles. The number of nitrogens with one attached hydrogen (secondary N) is 2. The lowest BCUT2D eigenvalue weighted by Gasteiger charge is -2.48. The highest BCUT2D eigenvalue weighted by Gasteiger charge is 2.46. The molecule has 3 N–H and O–H groups in total. The average molecular weight is 426 g/mol. The molecule has 9 heteroatoms. The van der Waals surface area contributed by atoms with Crippen LogP contribution < -0.4 is 10.6 Å². The Morgan fingerprint density at radius 3 is 2.55 bits per heavy atom. The van der Waals surface area contributed by atoms with Crippen LogP contribution in [-0.4, -0.2) is 53.4 Å². The Balaban J connectivity index is 1.52. The lowest BCUT2D eigenvalue weighted by molar-refractivity contribution is 0.0654. The van der Waals surface area contributed by atoms with E-state index in [0.29, 0.717) is 17.7 Å². The number of piperidine rings is 1. The number of hydrogen-bond acceptors (Lipinski definition) is 7. The van der Waals surface area contributed by atoms with Crippen molar-refractivity contribution in [3.63, 3.8) is 0 Å². The molecule has 1 aromatic carbocycles. The minimum Gasteiger partial charge on any atom is -0.507 e. The second-order valence-corrected chi connectivity index (χ2v) is 9.39. The maximum absolute atomic E-state index is 15.0. The van der Waals surface area contributed by atoms with Crippen molar-refractivity contribution in [2.24, 2.45) is 7.05 Å². The summed E-state index contributed by atoms with van der Waals surface area (Å²) >= 11 is 0. The lowest BCUT2D eigenvalue weighted by atomic mass is 9.78. The maximum Gasteiger partial charge on any atom is 0.243 e. The van der Waals surface area contributed by atoms with Crippen molar-refractivity contribution in [3.8, 4) is 28.1 Å². The molecule has 0 bridgehead atoms. The van der Waals surface area contributed by atoms with E-state index >= 15 is 0 Å². The average Bonchev–Trinajstić information content (AvgIpc) is 3.12. The molecular formula is C22H28FN7O. The number of benzene rings is 1. The number of aryl methyl sites for hydroxylation is 1. The number of aromatic hydroxyl groups is 1. The fourth-order valence-corrected chi connectivity index (χ4v) is 4.40. The molecule has 3 aromatic rings. The van der Waals surface area contributed by atoms with Gasteiger partial charge in [0.2, 0.25) is 5.95 Å². The zero-order chi connectivity index (χ0) is 22.4. The highest BCUT2D eigenvalue weighted by molar-refractivity contribution is 5.73. The van der Waals surface area contributed by atoms with Gasteiger partial charge in [-0.3, -0.25) is 4.68 Å². The van der Waals surface area contributed by atoms with Gasteiger partial charge in [-0.25, -0.2) is 9.37 Å². The van der Waals surface area contributed by atoms with Crippen LogP contribution in [0.25, 0.3) is 22.4 Å². The van der Waals surface area contributed by atoms with E-state index in [4.69, 9.17) is 0 Å². The van der Waals surface area contributed by atoms with E-state index in [0.717, 1.165) is 11.1 Å². The molecule has 0 saturated carbocycles. The number of hydrogen-bond donors (Lipinski definition) is 3. The van der Waals surface area contributed by atoms with Crippen molar-refractivity contribution in [2.45, 2.75) is 57.4 Å². The molecule has 2 atom stereocenters. The number of nitrogens with zero attached hydrogens (tertiary/aromatic N) is 5. The Morgan fingerprint density at radius 1 is 1.16 bits per heavy atom. The second-order valence-electron chi connectivity index (χ2n) is 9.39. The lowest BCUT2D eigenvalue weighted by Crippen LogP contribution is -2.67. The van der Waals surface area contributed by atoms with Gasteiger partial charge >= 0.3 is 0 Å². The van der Waals surface area contributed by atoms with Gasteiger partial charge in [-0.15, -0.1) is 10.2 Å². The topological polar surface area (TPSA) is 101 Å². The van der Waals surface area contributed by atoms with Crippen molar-refractivity contribution in [2.75, 3.05) is 5.32 Å². The second kappa shape index (κ2) is 7.56. The first-order chi connectivity index (χ1) is 14.5. The van der Waals surface area contributed by atoms with Crippen LogP contribution in [0.3, 0.4) is 0 Å². The minimum atomic E-state index is -1.12. The molecule has 0 radical (unpaired) electrons. The molecular weight excluding hydrogens is 397 g/mol. The van der Waals surface area contributed by atoms with Crippen LogP contribution in [0.5, 0.6) is 5.75 Å². The third-order valence-electron chi connectivity index (χ3n) is 5.62. The van der Waals surface area contributed by atoms with Crippen LogP contribution >= 0.6 is 0 Å². The standard InChI is InChI=1S/C22H28FN7O/c1-21(2)9-16(19(23)22(3,4)29-21)26-20-24-11-17(27-28-20)15-7-6-13(8-18(15)31)14-10-25-30(5)12-14/h6-8,10-12,16,19,29,31H,9H2,1-5H3,(H,24,26,28)/t16?,19-/m0/s1. The van der Waals surface area contributed by atoms with Crippen molar-refractivity contribution in [3.05, 3.63) is 36.8 Å². The molecule has 31 heavy (non-hydrogen) atoms. The van der Waals surface area contributed by atoms with Gasteiger partial charge in [0.15, 0.2) is 0 Å². The van der Waals surface area contributed by atoms with E-state index in [1.165, 1.54) is 6.20 Å². The first kappa shape index (κ1) is 21.2. The molecule has 2 aromatic heterocycles. The summed E-state index contributed by atoms with van der Waals surface area (Å²) in [6.45, 7) is 7.81. The van der Waals surface area contributed by atoms with Gasteiger partial charge in [0.05, 0.1) is 18.4 Å². The minimum absolute atomic E-state index is 0.0730. The highest BCUT2D eigenvalue weighted by atomic mass is 19.1. The van der Waals surface area contributed by atoms with Crippen molar-refractivity contribution in [1.29, 1.82) is 0 Å². The smallest absolute Gasteiger partial charge is 0.243 e. The third kappa shape index (κ3) is 4.36. The molecule has 1 unspecified atom stereocenters. The normalized spacial score (nSPS) is 22.3. The summed E-state index contributed by atoms with van der Waals surface area (Å²) in [6.07, 6.45) is 4.60. The Hall–Kier alpha value is -3.07. The molecule has 8 nitrogen and oxygen atoms in total. The zero-order valence-corrected chi connectivity index (χ0v) is 18.4. The zero-order valence-electron chi connectivity index (χ0n) is 18.4. The van der Waals surface area contributed by atoms with Crippen molar-refractivity contribution < 1.29 is 9.50 Å². The predicted octanol–water partition coefficient (Wildman–Crippen LogP) is 3.31. The molecule has 0 aliphatic carbocycles. The molecule has 0 amide bonds. The van der Waals surface area contributed by atoms with Gasteiger partial charge in [-0.2, -0.15) is 5.10 Å². The van der Waals surface area contributed by atoms with E-state index in [2.05, 4.69) is 44.8 Å². The molecule has 0 spiro atoms. The quantitative estimate of drug-likeness (QED) is 0.589. The van der Waals surface area contributed by atoms with Crippen LogP contribution in [-0.2, 0) is 7.05 Å². The Labute approximate surface area is 180 Å². The summed E-state index contributed by atoms with van der Waals surface area (Å²) in [6, 6.07) is 4.87. The number of halogens is 1. The fraction of sp³-hybridized carbons (Fsp3) is 0.455. The molecule has 1 saturated heterocycles. The van der Waals surface area contributed by atoms with Crippen LogP contribution in [0.2, 0.25) is 0 Å². The molecule has 1 fully saturated rings. The van der Waals surface area contributed by atoms with E-state index in [1.807, 2.05) is 33.2 Å². The summed E-state index contributed by atoms with van der Waals surface area (Å²) in [5.41, 5.74) is 1.81. The SMILES string of the molecule is Cn1cc(-c2ccc(-c3cnc(NC4CC(C)(C)NC(C)(C)[C@H]4F)nn3)c(O)c2)cn1. The Morgan fingerprint density at radius 2 is 1.94 bits per heavy atom. The Kier molecular flexibility index (Phi) is 5.17. The van der Waals surface area contributed by atoms with Gasteiger partial charge in [-0.1, -0.05) is 6.07 Å². The van der Waals surface area contributed by atoms with E-state index < -0.39 is 17.8 Å². The summed E-state index contributed by atoms with van der Waals surface area (Å²) in [5, 5.41) is 29.4. The molecule has 1 aliphatic rings. The van der Waals surface area contributed by atoms with Crippen LogP contribution in [0.15, 0.2) is 36.8 Å². The Bertz CT molecular complexity index is 1080. The van der Waals surface area contributed by atoms with E-state index in [1.54, 1.807) is 23.0 Å². The number of anilines is 1. The fourth-order valence-electron chi connectivity index (χ4n) is 4.40. The largest absolute Gasteiger partial charge is 0.507 e. The monoisotopic (exact) mass is 425 g/mol. The first-order valence-corrected chi connectivity index (χ1v) is 10.3. The van der Waals surface area contributed by atoms with E-state index in [-0.39, 0.29) is 17.2 Å². The number of phenols is 1. The number of aromatic nitrogens is 5. The summed E-state index contributed by atoms with van der Waals surface area (Å²) in [5.74, 6) is 0.334. The van der Waals surface area contributed by atoms with Gasteiger partial charge in [0.1, 0.15) is 17.6 Å². The van der Waals surface area contributed by atoms with Gasteiger partial charge < -0.3 is 15.7 Å². The first-order valence-electron chi connectivity index (χ1n) is 10.3. The number of phenolic OH excluding ortho intramolecular Hbond substituents is 1. The van der Waals surface area contributed by atoms with Crippen LogP contribution in [0.4, 0.5) is 10.3 Å². The molecule has 164 valence electrons. The number of rotatable bonds is 4. The van der Waals surface area contributed by atoms with Gasteiger partial charge in [0.25, 0.3) is 0 Å². The summed E-state index contributed by atoms with van der Waals surface area (Å²) in [4.78, 5) is 4.31. The van der Waals surface area contributed by atoms with E-state index in [9.17, 15) is 9.50 Å². The summed E-state index contributed by atoms with van der Waals surface area (Å²) < 4.78 is 16.7. The summed E-state index contributed by atoms with van der Waals surface area (Å²) in [7, 11) is 1.84. The van der Waals surface area contributed by atoms with Crippen molar-refractivity contribution >= 4 is 5.95 Å². The van der Waals surface area contributed by atoms with Crippen molar-refractivity contribution in [1.82, 2.24) is 30.3 Å². The van der Waals surface area contributed by atoms with Gasteiger partial charge in [-0.05, 0) is 51.8 Å². The van der Waals surface area contributed by atoms with Crippen LogP contribution in [0.1, 0.15) is 34.1 Å². The third-order valence-corrected chi connectivity index (χ3v) is 5.62.